The lowest BCUT2D eigenvalue weighted by molar-refractivity contribution is -0.115. The van der Waals surface area contributed by atoms with Gasteiger partial charge in [-0.15, -0.1) is 0 Å². The number of carbonyl (C=O) groups is 1. The van der Waals surface area contributed by atoms with Crippen molar-refractivity contribution in [2.24, 2.45) is 0 Å². The third kappa shape index (κ3) is 4.33. The maximum Gasteiger partial charge on any atom is 0.228 e. The summed E-state index contributed by atoms with van der Waals surface area (Å²) < 4.78 is 5.25. The van der Waals surface area contributed by atoms with E-state index in [0.717, 1.165) is 23.5 Å². The van der Waals surface area contributed by atoms with Gasteiger partial charge in [0, 0.05) is 17.8 Å². The number of nitrogens with one attached hydrogen (secondary N) is 2. The Morgan fingerprint density at radius 1 is 1.10 bits per heavy atom. The smallest absolute Gasteiger partial charge is 0.228 e. The van der Waals surface area contributed by atoms with E-state index in [-0.39, 0.29) is 5.91 Å². The predicted octanol–water partition coefficient (Wildman–Crippen LogP) is 2.60. The lowest BCUT2D eigenvalue weighted by atomic mass is 10.1. The molecule has 4 heteroatoms. The molecule has 2 N–H and O–H groups in total. The Bertz CT molecular complexity index is 594. The Hall–Kier alpha value is -2.33. The first-order valence-electron chi connectivity index (χ1n) is 6.88. The third-order valence-corrected chi connectivity index (χ3v) is 3.16. The number of hydrogen-bond donors (Lipinski definition) is 2. The third-order valence-electron chi connectivity index (χ3n) is 3.16. The molecule has 4 nitrogen and oxygen atoms in total. The van der Waals surface area contributed by atoms with Crippen molar-refractivity contribution in [1.29, 1.82) is 0 Å². The zero-order valence-electron chi connectivity index (χ0n) is 12.3. The normalized spacial score (nSPS) is 10.2. The van der Waals surface area contributed by atoms with Gasteiger partial charge in [-0.3, -0.25) is 4.79 Å². The highest BCUT2D eigenvalue weighted by Crippen LogP contribution is 2.18. The first-order valence-corrected chi connectivity index (χ1v) is 6.88. The number of methoxy groups -OCH3 is 1. The van der Waals surface area contributed by atoms with Crippen LogP contribution in [0.15, 0.2) is 48.5 Å². The van der Waals surface area contributed by atoms with E-state index in [4.69, 9.17) is 4.74 Å². The molecule has 2 aromatic rings. The number of rotatable bonds is 6. The van der Waals surface area contributed by atoms with Gasteiger partial charge in [0.1, 0.15) is 5.75 Å². The van der Waals surface area contributed by atoms with E-state index in [0.29, 0.717) is 6.42 Å². The summed E-state index contributed by atoms with van der Waals surface area (Å²) >= 11 is 0. The van der Waals surface area contributed by atoms with Crippen LogP contribution in [0.1, 0.15) is 11.1 Å². The van der Waals surface area contributed by atoms with Crippen LogP contribution in [0, 0.1) is 0 Å². The molecule has 1 amide bonds. The summed E-state index contributed by atoms with van der Waals surface area (Å²) in [6, 6.07) is 15.4. The van der Waals surface area contributed by atoms with E-state index in [1.807, 2.05) is 55.6 Å². The van der Waals surface area contributed by atoms with Crippen LogP contribution in [0.25, 0.3) is 0 Å². The molecule has 0 saturated carbocycles. The first kappa shape index (κ1) is 15.1. The number of anilines is 1. The molecule has 0 aliphatic rings. The molecule has 0 aliphatic heterocycles. The number of hydrogen-bond acceptors (Lipinski definition) is 3. The second-order valence-corrected chi connectivity index (χ2v) is 4.76. The van der Waals surface area contributed by atoms with Crippen molar-refractivity contribution in [1.82, 2.24) is 5.32 Å². The fourth-order valence-corrected chi connectivity index (χ4v) is 2.14. The molecule has 0 bridgehead atoms. The maximum absolute atomic E-state index is 12.1. The molecule has 0 fully saturated rings. The SMILES string of the molecule is CNCc1ccc(NC(=O)Cc2ccccc2OC)cc1. The minimum absolute atomic E-state index is 0.0548. The van der Waals surface area contributed by atoms with Crippen LogP contribution < -0.4 is 15.4 Å². The molecule has 0 radical (unpaired) electrons. The van der Waals surface area contributed by atoms with Gasteiger partial charge in [0.2, 0.25) is 5.91 Å². The van der Waals surface area contributed by atoms with E-state index < -0.39 is 0 Å². The van der Waals surface area contributed by atoms with Crippen molar-refractivity contribution in [2.45, 2.75) is 13.0 Å². The molecular weight excluding hydrogens is 264 g/mol. The van der Waals surface area contributed by atoms with E-state index in [1.54, 1.807) is 7.11 Å². The van der Waals surface area contributed by atoms with Crippen molar-refractivity contribution in [3.63, 3.8) is 0 Å². The molecule has 2 aromatic carbocycles. The fraction of sp³-hybridized carbons (Fsp3) is 0.235. The first-order chi connectivity index (χ1) is 10.2. The van der Waals surface area contributed by atoms with E-state index >= 15 is 0 Å². The number of benzene rings is 2. The van der Waals surface area contributed by atoms with Gasteiger partial charge in [-0.2, -0.15) is 0 Å². The lowest BCUT2D eigenvalue weighted by Crippen LogP contribution is -2.15. The second-order valence-electron chi connectivity index (χ2n) is 4.76. The monoisotopic (exact) mass is 284 g/mol. The summed E-state index contributed by atoms with van der Waals surface area (Å²) in [5.41, 5.74) is 2.86. The lowest BCUT2D eigenvalue weighted by Gasteiger charge is -2.09. The zero-order chi connectivity index (χ0) is 15.1. The Balaban J connectivity index is 1.98. The van der Waals surface area contributed by atoms with Gasteiger partial charge < -0.3 is 15.4 Å². The molecule has 0 aromatic heterocycles. The molecule has 2 rings (SSSR count). The highest BCUT2D eigenvalue weighted by Gasteiger charge is 2.08. The van der Waals surface area contributed by atoms with Crippen molar-refractivity contribution >= 4 is 11.6 Å². The van der Waals surface area contributed by atoms with Gasteiger partial charge in [0.15, 0.2) is 0 Å². The van der Waals surface area contributed by atoms with E-state index in [1.165, 1.54) is 5.56 Å². The van der Waals surface area contributed by atoms with Crippen molar-refractivity contribution in [3.8, 4) is 5.75 Å². The van der Waals surface area contributed by atoms with Crippen molar-refractivity contribution in [2.75, 3.05) is 19.5 Å². The molecular formula is C17H20N2O2. The van der Waals surface area contributed by atoms with E-state index in [9.17, 15) is 4.79 Å². The number of carbonyl (C=O) groups excluding carboxylic acids is 1. The van der Waals surface area contributed by atoms with Crippen LogP contribution in [0.3, 0.4) is 0 Å². The van der Waals surface area contributed by atoms with Crippen molar-refractivity contribution < 1.29 is 9.53 Å². The van der Waals surface area contributed by atoms with Gasteiger partial charge in [0.25, 0.3) is 0 Å². The topological polar surface area (TPSA) is 50.4 Å². The Labute approximate surface area is 125 Å². The predicted molar refractivity (Wildman–Crippen MR) is 84.5 cm³/mol. The van der Waals surface area contributed by atoms with Crippen LogP contribution in [0.2, 0.25) is 0 Å². The van der Waals surface area contributed by atoms with Crippen LogP contribution in [-0.4, -0.2) is 20.1 Å². The average Bonchev–Trinajstić information content (AvgIpc) is 2.50. The van der Waals surface area contributed by atoms with Gasteiger partial charge in [-0.1, -0.05) is 30.3 Å². The molecule has 0 unspecified atom stereocenters. The van der Waals surface area contributed by atoms with Crippen molar-refractivity contribution in [3.05, 3.63) is 59.7 Å². The van der Waals surface area contributed by atoms with Gasteiger partial charge in [0.05, 0.1) is 13.5 Å². The Morgan fingerprint density at radius 3 is 2.48 bits per heavy atom. The molecule has 0 spiro atoms. The van der Waals surface area contributed by atoms with Gasteiger partial charge in [-0.05, 0) is 30.8 Å². The highest BCUT2D eigenvalue weighted by atomic mass is 16.5. The molecule has 110 valence electrons. The Morgan fingerprint density at radius 2 is 1.81 bits per heavy atom. The van der Waals surface area contributed by atoms with Crippen LogP contribution in [0.4, 0.5) is 5.69 Å². The maximum atomic E-state index is 12.1. The minimum Gasteiger partial charge on any atom is -0.496 e. The summed E-state index contributed by atoms with van der Waals surface area (Å²) in [5.74, 6) is 0.679. The zero-order valence-corrected chi connectivity index (χ0v) is 12.3. The second kappa shape index (κ2) is 7.45. The fourth-order valence-electron chi connectivity index (χ4n) is 2.14. The summed E-state index contributed by atoms with van der Waals surface area (Å²) in [7, 11) is 3.51. The quantitative estimate of drug-likeness (QED) is 0.857. The highest BCUT2D eigenvalue weighted by molar-refractivity contribution is 5.92. The number of ether oxygens (including phenoxy) is 1. The summed E-state index contributed by atoms with van der Waals surface area (Å²) in [4.78, 5) is 12.1. The molecule has 0 atom stereocenters. The van der Waals surface area contributed by atoms with E-state index in [2.05, 4.69) is 10.6 Å². The molecule has 21 heavy (non-hydrogen) atoms. The van der Waals surface area contributed by atoms with Crippen LogP contribution >= 0.6 is 0 Å². The molecule has 0 aliphatic carbocycles. The minimum atomic E-state index is -0.0548. The summed E-state index contributed by atoms with van der Waals surface area (Å²) in [5, 5.41) is 5.98. The number of para-hydroxylation sites is 1. The molecule has 0 saturated heterocycles. The summed E-state index contributed by atoms with van der Waals surface area (Å²) in [6.45, 7) is 0.815. The molecule has 0 heterocycles. The number of amides is 1. The Kier molecular flexibility index (Phi) is 5.35. The largest absolute Gasteiger partial charge is 0.496 e. The van der Waals surface area contributed by atoms with Gasteiger partial charge >= 0.3 is 0 Å². The summed E-state index contributed by atoms with van der Waals surface area (Å²) in [6.07, 6.45) is 0.294. The van der Waals surface area contributed by atoms with Crippen LogP contribution in [-0.2, 0) is 17.8 Å². The van der Waals surface area contributed by atoms with Crippen LogP contribution in [0.5, 0.6) is 5.75 Å². The van der Waals surface area contributed by atoms with Gasteiger partial charge in [-0.25, -0.2) is 0 Å². The standard InChI is InChI=1S/C17H20N2O2/c1-18-12-13-7-9-15(10-8-13)19-17(20)11-14-5-3-4-6-16(14)21-2/h3-10,18H,11-12H2,1-2H3,(H,19,20). The average molecular weight is 284 g/mol.